The Hall–Kier alpha value is -6.98. The highest BCUT2D eigenvalue weighted by atomic mass is 16.3. The third-order valence-corrected chi connectivity index (χ3v) is 17.4. The molecule has 0 atom stereocenters. The van der Waals surface area contributed by atoms with Gasteiger partial charge in [0.2, 0.25) is 0 Å². The first kappa shape index (κ1) is 39.1. The molecule has 0 saturated heterocycles. The van der Waals surface area contributed by atoms with Crippen LogP contribution in [-0.4, -0.2) is 11.4 Å². The van der Waals surface area contributed by atoms with Crippen LogP contribution in [0.25, 0.3) is 93.6 Å². The van der Waals surface area contributed by atoms with E-state index in [0.717, 1.165) is 51.3 Å². The Bertz CT molecular complexity index is 4110. The quantitative estimate of drug-likeness (QED) is 0.154. The van der Waals surface area contributed by atoms with Crippen LogP contribution in [-0.2, 0) is 21.7 Å². The minimum absolute atomic E-state index is 0.00866. The first-order chi connectivity index (χ1) is 32.6. The van der Waals surface area contributed by atoms with Gasteiger partial charge in [-0.05, 0) is 127 Å². The molecule has 0 saturated carbocycles. The maximum Gasteiger partial charge on any atom is 0.333 e. The van der Waals surface area contributed by atoms with E-state index in [1.165, 1.54) is 105 Å². The number of rotatable bonds is 1. The second kappa shape index (κ2) is 12.4. The molecule has 2 aliphatic heterocycles. The molecule has 8 aromatic carbocycles. The lowest BCUT2D eigenvalue weighted by Gasteiger charge is -2.43. The third-order valence-electron chi connectivity index (χ3n) is 17.4. The molecule has 15 rings (SSSR count). The van der Waals surface area contributed by atoms with Gasteiger partial charge in [0, 0.05) is 72.0 Å². The number of hydrogen-bond donors (Lipinski definition) is 0. The van der Waals surface area contributed by atoms with Crippen molar-refractivity contribution in [2.75, 3.05) is 4.81 Å². The standard InChI is InChI=1S/C63H53BN2O2/c1-60(2,3)34-22-24-35(25-23-34)66-49-31-39-36-16-10-13-19-43(36)63(8,9)44(39)28-42(49)56-57-58-54(55-38-18-12-15-21-52(38)68-59(55)56)41-29-45-46(62(6,7)27-26-61(45,4)5)32-48(41)65(58)50-33-53-40(30-47(50)64(57)66)37-17-11-14-20-51(37)67-53/h10-25,28-33H,26-27H2,1-9H3. The predicted octanol–water partition coefficient (Wildman–Crippen LogP) is 15.8. The molecular formula is C63H53BN2O2. The van der Waals surface area contributed by atoms with Crippen molar-refractivity contribution in [2.45, 2.75) is 96.8 Å². The lowest BCUT2D eigenvalue weighted by atomic mass is 9.43. The van der Waals surface area contributed by atoms with E-state index in [4.69, 9.17) is 8.83 Å². The molecule has 0 unspecified atom stereocenters. The minimum atomic E-state index is -0.201. The molecule has 330 valence electrons. The third kappa shape index (κ3) is 4.73. The van der Waals surface area contributed by atoms with Crippen LogP contribution >= 0.6 is 0 Å². The first-order valence-electron chi connectivity index (χ1n) is 24.7. The highest BCUT2D eigenvalue weighted by Crippen LogP contribution is 2.57. The van der Waals surface area contributed by atoms with Crippen LogP contribution in [0.2, 0.25) is 0 Å². The number of anilines is 2. The Labute approximate surface area is 397 Å². The summed E-state index contributed by atoms with van der Waals surface area (Å²) in [7, 11) is 0. The highest BCUT2D eigenvalue weighted by molar-refractivity contribution is 6.94. The molecule has 5 heteroatoms. The van der Waals surface area contributed by atoms with Crippen molar-refractivity contribution in [3.63, 3.8) is 0 Å². The van der Waals surface area contributed by atoms with E-state index in [0.29, 0.717) is 0 Å². The molecule has 4 aliphatic rings. The maximum absolute atomic E-state index is 7.42. The molecule has 11 aromatic rings. The monoisotopic (exact) mass is 880 g/mol. The molecule has 4 nitrogen and oxygen atoms in total. The normalized spacial score (nSPS) is 17.1. The fourth-order valence-corrected chi connectivity index (χ4v) is 13.6. The Morgan fingerprint density at radius 1 is 0.529 bits per heavy atom. The fraction of sp³-hybridized carbons (Fsp3) is 0.238. The number of para-hydroxylation sites is 2. The molecule has 0 bridgehead atoms. The van der Waals surface area contributed by atoms with Crippen molar-refractivity contribution in [3.8, 4) is 27.9 Å². The molecular weight excluding hydrogens is 828 g/mol. The van der Waals surface area contributed by atoms with Crippen molar-refractivity contribution in [1.82, 2.24) is 4.57 Å². The van der Waals surface area contributed by atoms with Gasteiger partial charge in [-0.25, -0.2) is 0 Å². The van der Waals surface area contributed by atoms with Gasteiger partial charge in [-0.3, -0.25) is 0 Å². The first-order valence-corrected chi connectivity index (χ1v) is 24.7. The van der Waals surface area contributed by atoms with Crippen molar-refractivity contribution in [2.24, 2.45) is 0 Å². The summed E-state index contributed by atoms with van der Waals surface area (Å²) < 4.78 is 16.9. The second-order valence-electron chi connectivity index (χ2n) is 23.5. The number of furan rings is 2. The summed E-state index contributed by atoms with van der Waals surface area (Å²) in [5, 5.41) is 7.21. The minimum Gasteiger partial charge on any atom is -0.456 e. The van der Waals surface area contributed by atoms with Crippen molar-refractivity contribution >= 4 is 94.8 Å². The smallest absolute Gasteiger partial charge is 0.333 e. The van der Waals surface area contributed by atoms with E-state index in [2.05, 4.69) is 205 Å². The van der Waals surface area contributed by atoms with E-state index in [9.17, 15) is 0 Å². The van der Waals surface area contributed by atoms with Crippen molar-refractivity contribution in [1.29, 1.82) is 0 Å². The molecule has 0 fully saturated rings. The summed E-state index contributed by atoms with van der Waals surface area (Å²) in [5.41, 5.74) is 24.2. The Balaban J connectivity index is 1.20. The summed E-state index contributed by atoms with van der Waals surface area (Å²) in [6.45, 7) is 21.4. The topological polar surface area (TPSA) is 34.5 Å². The Kier molecular flexibility index (Phi) is 7.11. The van der Waals surface area contributed by atoms with E-state index < -0.39 is 0 Å². The van der Waals surface area contributed by atoms with Gasteiger partial charge in [-0.15, -0.1) is 0 Å². The summed E-state index contributed by atoms with van der Waals surface area (Å²) in [6.07, 6.45) is 2.29. The van der Waals surface area contributed by atoms with Crippen LogP contribution in [0, 0.1) is 0 Å². The van der Waals surface area contributed by atoms with Gasteiger partial charge in [0.25, 0.3) is 0 Å². The van der Waals surface area contributed by atoms with Crippen LogP contribution in [0.1, 0.15) is 103 Å². The summed E-state index contributed by atoms with van der Waals surface area (Å²) >= 11 is 0. The van der Waals surface area contributed by atoms with Gasteiger partial charge < -0.3 is 18.2 Å². The zero-order valence-corrected chi connectivity index (χ0v) is 40.4. The SMILES string of the molecule is CC(C)(C)c1ccc(N2B3c4cc5c(cc4-n4c6cc7c(cc6c6c8c(oc9ccccc98)c(c3c64)-c3cc4c(cc32)-c2ccccc2C4(C)C)C(C)(C)CCC7(C)C)oc2ccccc25)cc1. The average Bonchev–Trinajstić information content (AvgIpc) is 4.05. The van der Waals surface area contributed by atoms with Gasteiger partial charge >= 0.3 is 6.85 Å². The number of nitrogens with zero attached hydrogens (tertiary/aromatic N) is 2. The fourth-order valence-electron chi connectivity index (χ4n) is 13.6. The number of fused-ring (bicyclic) bond motifs is 20. The van der Waals surface area contributed by atoms with Crippen LogP contribution in [0.3, 0.4) is 0 Å². The van der Waals surface area contributed by atoms with Gasteiger partial charge in [-0.1, -0.05) is 141 Å². The van der Waals surface area contributed by atoms with Gasteiger partial charge in [0.05, 0.1) is 11.0 Å². The van der Waals surface area contributed by atoms with Crippen LogP contribution in [0.5, 0.6) is 0 Å². The van der Waals surface area contributed by atoms with E-state index in [1.54, 1.807) is 0 Å². The number of benzene rings is 8. The molecule has 0 radical (unpaired) electrons. The average molecular weight is 881 g/mol. The van der Waals surface area contributed by atoms with Crippen LogP contribution < -0.4 is 15.7 Å². The van der Waals surface area contributed by atoms with Crippen molar-refractivity contribution < 1.29 is 8.83 Å². The van der Waals surface area contributed by atoms with Crippen LogP contribution in [0.4, 0.5) is 11.4 Å². The maximum atomic E-state index is 7.42. The zero-order valence-electron chi connectivity index (χ0n) is 40.4. The van der Waals surface area contributed by atoms with Gasteiger partial charge in [-0.2, -0.15) is 0 Å². The summed E-state index contributed by atoms with van der Waals surface area (Å²) in [5.74, 6) is 0. The molecule has 5 heterocycles. The number of hydrogen-bond acceptors (Lipinski definition) is 3. The Morgan fingerprint density at radius 2 is 1.21 bits per heavy atom. The number of aromatic nitrogens is 1. The van der Waals surface area contributed by atoms with Gasteiger partial charge in [0.15, 0.2) is 0 Å². The molecule has 0 N–H and O–H groups in total. The lowest BCUT2D eigenvalue weighted by molar-refractivity contribution is 0.332. The second-order valence-corrected chi connectivity index (χ2v) is 23.5. The summed E-state index contributed by atoms with van der Waals surface area (Å²) in [4.78, 5) is 2.69. The largest absolute Gasteiger partial charge is 0.456 e. The molecule has 0 amide bonds. The van der Waals surface area contributed by atoms with Gasteiger partial charge in [0.1, 0.15) is 22.3 Å². The van der Waals surface area contributed by atoms with E-state index >= 15 is 0 Å². The summed E-state index contributed by atoms with van der Waals surface area (Å²) in [6, 6.07) is 51.0. The van der Waals surface area contributed by atoms with Crippen molar-refractivity contribution in [3.05, 3.63) is 161 Å². The lowest BCUT2D eigenvalue weighted by Crippen LogP contribution is -2.60. The Morgan fingerprint density at radius 3 is 1.96 bits per heavy atom. The van der Waals surface area contributed by atoms with E-state index in [-0.39, 0.29) is 28.5 Å². The molecule has 2 aliphatic carbocycles. The van der Waals surface area contributed by atoms with Crippen LogP contribution in [0.15, 0.2) is 142 Å². The predicted molar refractivity (Wildman–Crippen MR) is 286 cm³/mol. The molecule has 3 aromatic heterocycles. The van der Waals surface area contributed by atoms with E-state index in [1.807, 2.05) is 0 Å². The highest BCUT2D eigenvalue weighted by Gasteiger charge is 2.49. The molecule has 68 heavy (non-hydrogen) atoms. The zero-order chi connectivity index (χ0) is 46.1. The molecule has 0 spiro atoms.